The zero-order chi connectivity index (χ0) is 21.1. The molecule has 1 fully saturated rings. The molecular formula is C23H25ClN4O2. The third-order valence-corrected chi connectivity index (χ3v) is 5.70. The van der Waals surface area contributed by atoms with E-state index in [-0.39, 0.29) is 11.8 Å². The summed E-state index contributed by atoms with van der Waals surface area (Å²) in [4.78, 5) is 19.6. The Morgan fingerprint density at radius 1 is 1.23 bits per heavy atom. The van der Waals surface area contributed by atoms with Crippen molar-refractivity contribution in [2.45, 2.75) is 33.2 Å². The van der Waals surface area contributed by atoms with Crippen molar-refractivity contribution in [2.75, 3.05) is 18.4 Å². The van der Waals surface area contributed by atoms with Crippen molar-refractivity contribution >= 4 is 23.2 Å². The van der Waals surface area contributed by atoms with E-state index in [0.717, 1.165) is 36.2 Å². The van der Waals surface area contributed by atoms with E-state index in [9.17, 15) is 4.79 Å². The molecule has 2 heterocycles. The summed E-state index contributed by atoms with van der Waals surface area (Å²) in [5.41, 5.74) is 3.86. The van der Waals surface area contributed by atoms with Crippen LogP contribution in [0.4, 0.5) is 5.69 Å². The Morgan fingerprint density at radius 2 is 2.03 bits per heavy atom. The first-order chi connectivity index (χ1) is 14.5. The van der Waals surface area contributed by atoms with Gasteiger partial charge in [0.2, 0.25) is 5.91 Å². The number of nitrogens with zero attached hydrogens (tertiary/aromatic N) is 3. The number of hydrogen-bond donors (Lipinski definition) is 1. The molecular weight excluding hydrogens is 400 g/mol. The van der Waals surface area contributed by atoms with Crippen molar-refractivity contribution in [1.82, 2.24) is 15.0 Å². The van der Waals surface area contributed by atoms with Crippen LogP contribution in [0.2, 0.25) is 5.02 Å². The predicted molar refractivity (Wildman–Crippen MR) is 117 cm³/mol. The second-order valence-corrected chi connectivity index (χ2v) is 8.34. The van der Waals surface area contributed by atoms with Gasteiger partial charge in [-0.2, -0.15) is 4.98 Å². The SMILES string of the molecule is Cc1ccc(-c2nc(CN3CCC[C@@H](C(=O)Nc4cc(Cl)ccc4C)C3)no2)cc1. The summed E-state index contributed by atoms with van der Waals surface area (Å²) < 4.78 is 5.43. The molecule has 1 amide bonds. The fourth-order valence-corrected chi connectivity index (χ4v) is 3.88. The van der Waals surface area contributed by atoms with Crippen molar-refractivity contribution < 1.29 is 9.32 Å². The first kappa shape index (κ1) is 20.6. The first-order valence-electron chi connectivity index (χ1n) is 10.2. The van der Waals surface area contributed by atoms with Crippen LogP contribution in [0.5, 0.6) is 0 Å². The van der Waals surface area contributed by atoms with Crippen LogP contribution in [0.15, 0.2) is 47.0 Å². The molecule has 1 N–H and O–H groups in total. The number of aromatic nitrogens is 2. The number of carbonyl (C=O) groups is 1. The van der Waals surface area contributed by atoms with Crippen molar-refractivity contribution in [2.24, 2.45) is 5.92 Å². The monoisotopic (exact) mass is 424 g/mol. The number of nitrogens with one attached hydrogen (secondary N) is 1. The average Bonchev–Trinajstić information content (AvgIpc) is 3.20. The molecule has 1 aliphatic rings. The molecule has 0 bridgehead atoms. The maximum Gasteiger partial charge on any atom is 0.257 e. The molecule has 0 spiro atoms. The number of rotatable bonds is 5. The van der Waals surface area contributed by atoms with E-state index in [0.29, 0.717) is 29.8 Å². The largest absolute Gasteiger partial charge is 0.334 e. The zero-order valence-corrected chi connectivity index (χ0v) is 17.9. The van der Waals surface area contributed by atoms with Gasteiger partial charge in [0.1, 0.15) is 0 Å². The molecule has 1 saturated heterocycles. The summed E-state index contributed by atoms with van der Waals surface area (Å²) in [5, 5.41) is 7.77. The van der Waals surface area contributed by atoms with Crippen LogP contribution in [0.1, 0.15) is 29.8 Å². The van der Waals surface area contributed by atoms with E-state index in [4.69, 9.17) is 16.1 Å². The molecule has 0 radical (unpaired) electrons. The number of anilines is 1. The standard InChI is InChI=1S/C23H25ClN4O2/c1-15-5-8-17(9-6-15)23-26-21(27-30-23)14-28-11-3-4-18(13-28)22(29)25-20-12-19(24)10-7-16(20)2/h5-10,12,18H,3-4,11,13-14H2,1-2H3,(H,25,29)/t18-/m1/s1. The van der Waals surface area contributed by atoms with Gasteiger partial charge < -0.3 is 9.84 Å². The first-order valence-corrected chi connectivity index (χ1v) is 10.5. The van der Waals surface area contributed by atoms with E-state index >= 15 is 0 Å². The molecule has 0 saturated carbocycles. The van der Waals surface area contributed by atoms with Gasteiger partial charge in [-0.3, -0.25) is 9.69 Å². The normalized spacial score (nSPS) is 17.1. The molecule has 7 heteroatoms. The topological polar surface area (TPSA) is 71.3 Å². The van der Waals surface area contributed by atoms with Gasteiger partial charge in [-0.15, -0.1) is 0 Å². The number of carbonyl (C=O) groups excluding carboxylic acids is 1. The third-order valence-electron chi connectivity index (χ3n) is 5.47. The van der Waals surface area contributed by atoms with E-state index in [2.05, 4.69) is 20.4 Å². The molecule has 4 rings (SSSR count). The lowest BCUT2D eigenvalue weighted by atomic mass is 9.97. The number of piperidine rings is 1. The summed E-state index contributed by atoms with van der Waals surface area (Å²) in [6, 6.07) is 13.5. The summed E-state index contributed by atoms with van der Waals surface area (Å²) >= 11 is 6.07. The Hall–Kier alpha value is -2.70. The highest BCUT2D eigenvalue weighted by Gasteiger charge is 2.27. The van der Waals surface area contributed by atoms with E-state index in [1.165, 1.54) is 5.56 Å². The van der Waals surface area contributed by atoms with Crippen molar-refractivity contribution in [3.8, 4) is 11.5 Å². The summed E-state index contributed by atoms with van der Waals surface area (Å²) in [5.74, 6) is 1.10. The van der Waals surface area contributed by atoms with Gasteiger partial charge in [-0.25, -0.2) is 0 Å². The summed E-state index contributed by atoms with van der Waals surface area (Å²) in [6.07, 6.45) is 1.82. The van der Waals surface area contributed by atoms with Gasteiger partial charge in [0.15, 0.2) is 5.82 Å². The Balaban J connectivity index is 1.38. The quantitative estimate of drug-likeness (QED) is 0.633. The highest BCUT2D eigenvalue weighted by Crippen LogP contribution is 2.24. The molecule has 1 aromatic heterocycles. The maximum absolute atomic E-state index is 12.8. The lowest BCUT2D eigenvalue weighted by Crippen LogP contribution is -2.40. The van der Waals surface area contributed by atoms with Crippen LogP contribution in [0.3, 0.4) is 0 Å². The lowest BCUT2D eigenvalue weighted by Gasteiger charge is -2.31. The third kappa shape index (κ3) is 4.89. The van der Waals surface area contributed by atoms with Gasteiger partial charge in [0, 0.05) is 22.8 Å². The van der Waals surface area contributed by atoms with Crippen LogP contribution in [0, 0.1) is 19.8 Å². The molecule has 0 unspecified atom stereocenters. The van der Waals surface area contributed by atoms with Crippen molar-refractivity contribution in [3.63, 3.8) is 0 Å². The molecule has 156 valence electrons. The van der Waals surface area contributed by atoms with Gasteiger partial charge in [-0.1, -0.05) is 40.5 Å². The van der Waals surface area contributed by atoms with Gasteiger partial charge in [-0.05, 0) is 63.1 Å². The number of halogens is 1. The number of aryl methyl sites for hydroxylation is 2. The maximum atomic E-state index is 12.8. The van der Waals surface area contributed by atoms with Gasteiger partial charge in [0.05, 0.1) is 12.5 Å². The second kappa shape index (κ2) is 8.98. The van der Waals surface area contributed by atoms with Gasteiger partial charge in [0.25, 0.3) is 5.89 Å². The molecule has 6 nitrogen and oxygen atoms in total. The lowest BCUT2D eigenvalue weighted by molar-refractivity contribution is -0.121. The molecule has 1 aliphatic heterocycles. The van der Waals surface area contributed by atoms with Crippen LogP contribution >= 0.6 is 11.6 Å². The Kier molecular flexibility index (Phi) is 6.16. The fourth-order valence-electron chi connectivity index (χ4n) is 3.71. The Morgan fingerprint density at radius 3 is 2.83 bits per heavy atom. The number of benzene rings is 2. The molecule has 0 aliphatic carbocycles. The predicted octanol–water partition coefficient (Wildman–Crippen LogP) is 4.86. The smallest absolute Gasteiger partial charge is 0.257 e. The number of hydrogen-bond acceptors (Lipinski definition) is 5. The van der Waals surface area contributed by atoms with Crippen LogP contribution in [-0.4, -0.2) is 34.0 Å². The second-order valence-electron chi connectivity index (χ2n) is 7.90. The fraction of sp³-hybridized carbons (Fsp3) is 0.348. The summed E-state index contributed by atoms with van der Waals surface area (Å²) in [6.45, 7) is 6.14. The number of amides is 1. The van der Waals surface area contributed by atoms with Crippen LogP contribution in [-0.2, 0) is 11.3 Å². The van der Waals surface area contributed by atoms with Crippen molar-refractivity contribution in [3.05, 3.63) is 64.4 Å². The minimum Gasteiger partial charge on any atom is -0.334 e. The summed E-state index contributed by atoms with van der Waals surface area (Å²) in [7, 11) is 0. The average molecular weight is 425 g/mol. The zero-order valence-electron chi connectivity index (χ0n) is 17.2. The molecule has 2 aromatic carbocycles. The minimum absolute atomic E-state index is 0.0264. The van der Waals surface area contributed by atoms with E-state index in [1.54, 1.807) is 6.07 Å². The van der Waals surface area contributed by atoms with Gasteiger partial charge >= 0.3 is 0 Å². The number of likely N-dealkylation sites (tertiary alicyclic amines) is 1. The molecule has 3 aromatic rings. The molecule has 1 atom stereocenters. The van der Waals surface area contributed by atoms with E-state index < -0.39 is 0 Å². The van der Waals surface area contributed by atoms with E-state index in [1.807, 2.05) is 50.2 Å². The van der Waals surface area contributed by atoms with Crippen molar-refractivity contribution in [1.29, 1.82) is 0 Å². The highest BCUT2D eigenvalue weighted by atomic mass is 35.5. The minimum atomic E-state index is -0.0828. The van der Waals surface area contributed by atoms with Crippen LogP contribution in [0.25, 0.3) is 11.5 Å². The Labute approximate surface area is 181 Å². The van der Waals surface area contributed by atoms with Crippen LogP contribution < -0.4 is 5.32 Å². The Bertz CT molecular complexity index is 1030. The molecule has 30 heavy (non-hydrogen) atoms. The highest BCUT2D eigenvalue weighted by molar-refractivity contribution is 6.31.